The standard InChI is InChI=1S/C36H37FN4O2/c1-39(2)32-17-15-28(16-18-32)25-40(22-20-30-24-38-34-14-7-6-13-33(30)34)35(42)26-41(21-19-27-9-4-3-5-10-27)36(43)29-11-8-12-31(37)23-29/h3-18,23-24,38H,19-22,25-26H2,1-2H3. The molecule has 0 aliphatic carbocycles. The quantitative estimate of drug-likeness (QED) is 0.189. The van der Waals surface area contributed by atoms with Crippen LogP contribution in [-0.2, 0) is 24.2 Å². The van der Waals surface area contributed by atoms with Gasteiger partial charge < -0.3 is 19.7 Å². The summed E-state index contributed by atoms with van der Waals surface area (Å²) in [4.78, 5) is 36.3. The molecule has 6 nitrogen and oxygen atoms in total. The van der Waals surface area contributed by atoms with Crippen molar-refractivity contribution in [2.75, 3.05) is 38.6 Å². The van der Waals surface area contributed by atoms with Crippen LogP contribution in [0.3, 0.4) is 0 Å². The molecule has 1 N–H and O–H groups in total. The molecule has 0 aliphatic heterocycles. The molecule has 0 fully saturated rings. The van der Waals surface area contributed by atoms with Crippen molar-refractivity contribution in [3.05, 3.63) is 137 Å². The van der Waals surface area contributed by atoms with E-state index in [9.17, 15) is 14.0 Å². The number of nitrogens with zero attached hydrogens (tertiary/aromatic N) is 3. The van der Waals surface area contributed by atoms with Crippen LogP contribution in [0, 0.1) is 5.82 Å². The topological polar surface area (TPSA) is 59.7 Å². The Hall–Kier alpha value is -4.91. The first-order valence-electron chi connectivity index (χ1n) is 14.5. The van der Waals surface area contributed by atoms with Gasteiger partial charge in [0.15, 0.2) is 0 Å². The summed E-state index contributed by atoms with van der Waals surface area (Å²) in [5.74, 6) is -1.01. The third kappa shape index (κ3) is 7.68. The summed E-state index contributed by atoms with van der Waals surface area (Å²) in [6.07, 6.45) is 3.24. The van der Waals surface area contributed by atoms with Crippen LogP contribution in [0.1, 0.15) is 27.0 Å². The third-order valence-corrected chi connectivity index (χ3v) is 7.70. The van der Waals surface area contributed by atoms with Crippen LogP contribution in [0.15, 0.2) is 109 Å². The van der Waals surface area contributed by atoms with E-state index in [1.807, 2.05) is 103 Å². The van der Waals surface area contributed by atoms with Crippen molar-refractivity contribution in [3.63, 3.8) is 0 Å². The smallest absolute Gasteiger partial charge is 0.254 e. The molecule has 7 heteroatoms. The third-order valence-electron chi connectivity index (χ3n) is 7.70. The number of rotatable bonds is 12. The van der Waals surface area contributed by atoms with E-state index >= 15 is 0 Å². The van der Waals surface area contributed by atoms with E-state index in [0.717, 1.165) is 33.3 Å². The maximum atomic E-state index is 14.0. The first kappa shape index (κ1) is 29.6. The van der Waals surface area contributed by atoms with Crippen LogP contribution in [-0.4, -0.2) is 60.3 Å². The van der Waals surface area contributed by atoms with Gasteiger partial charge in [0.25, 0.3) is 5.91 Å². The number of para-hydroxylation sites is 1. The molecule has 0 unspecified atom stereocenters. The maximum Gasteiger partial charge on any atom is 0.254 e. The van der Waals surface area contributed by atoms with Gasteiger partial charge in [0.05, 0.1) is 0 Å². The minimum atomic E-state index is -0.485. The van der Waals surface area contributed by atoms with Crippen LogP contribution in [0.25, 0.3) is 10.9 Å². The van der Waals surface area contributed by atoms with Crippen LogP contribution >= 0.6 is 0 Å². The molecule has 4 aromatic carbocycles. The Labute approximate surface area is 252 Å². The second kappa shape index (κ2) is 13.8. The molecule has 0 aliphatic rings. The molecule has 0 bridgehead atoms. The lowest BCUT2D eigenvalue weighted by atomic mass is 10.1. The molecular formula is C36H37FN4O2. The molecule has 5 rings (SSSR count). The van der Waals surface area contributed by atoms with Gasteiger partial charge in [-0.05, 0) is 65.9 Å². The largest absolute Gasteiger partial charge is 0.378 e. The van der Waals surface area contributed by atoms with Crippen molar-refractivity contribution < 1.29 is 14.0 Å². The number of benzene rings is 4. The predicted molar refractivity (Wildman–Crippen MR) is 171 cm³/mol. The van der Waals surface area contributed by atoms with Gasteiger partial charge in [-0.25, -0.2) is 4.39 Å². The van der Waals surface area contributed by atoms with E-state index in [-0.39, 0.29) is 23.9 Å². The van der Waals surface area contributed by atoms with Crippen LogP contribution in [0.2, 0.25) is 0 Å². The van der Waals surface area contributed by atoms with Crippen molar-refractivity contribution in [2.24, 2.45) is 0 Å². The monoisotopic (exact) mass is 576 g/mol. The zero-order valence-corrected chi connectivity index (χ0v) is 24.7. The number of amides is 2. The average Bonchev–Trinajstić information content (AvgIpc) is 3.44. The summed E-state index contributed by atoms with van der Waals surface area (Å²) in [6, 6.07) is 31.8. The van der Waals surface area contributed by atoms with E-state index in [0.29, 0.717) is 32.5 Å². The van der Waals surface area contributed by atoms with Gasteiger partial charge >= 0.3 is 0 Å². The highest BCUT2D eigenvalue weighted by Gasteiger charge is 2.23. The number of hydrogen-bond donors (Lipinski definition) is 1. The highest BCUT2D eigenvalue weighted by atomic mass is 19.1. The lowest BCUT2D eigenvalue weighted by Crippen LogP contribution is -2.44. The Morgan fingerprint density at radius 1 is 0.744 bits per heavy atom. The molecular weight excluding hydrogens is 539 g/mol. The van der Waals surface area contributed by atoms with Crippen molar-refractivity contribution in [1.29, 1.82) is 0 Å². The van der Waals surface area contributed by atoms with Crippen LogP contribution in [0.5, 0.6) is 0 Å². The number of hydrogen-bond acceptors (Lipinski definition) is 3. The zero-order chi connectivity index (χ0) is 30.2. The maximum absolute atomic E-state index is 14.0. The van der Waals surface area contributed by atoms with Crippen molar-refractivity contribution in [2.45, 2.75) is 19.4 Å². The van der Waals surface area contributed by atoms with E-state index < -0.39 is 5.82 Å². The predicted octanol–water partition coefficient (Wildman–Crippen LogP) is 6.33. The Balaban J connectivity index is 1.38. The summed E-state index contributed by atoms with van der Waals surface area (Å²) in [5, 5.41) is 1.14. The van der Waals surface area contributed by atoms with Crippen LogP contribution < -0.4 is 4.90 Å². The molecule has 1 aromatic heterocycles. The first-order valence-corrected chi connectivity index (χ1v) is 14.5. The van der Waals surface area contributed by atoms with Crippen molar-refractivity contribution in [1.82, 2.24) is 14.8 Å². The lowest BCUT2D eigenvalue weighted by molar-refractivity contribution is -0.132. The first-order chi connectivity index (χ1) is 20.9. The number of anilines is 1. The molecule has 2 amide bonds. The summed E-state index contributed by atoms with van der Waals surface area (Å²) in [6.45, 7) is 1.12. The summed E-state index contributed by atoms with van der Waals surface area (Å²) >= 11 is 0. The average molecular weight is 577 g/mol. The normalized spacial score (nSPS) is 11.0. The number of H-pyrrole nitrogens is 1. The number of halogens is 1. The lowest BCUT2D eigenvalue weighted by Gasteiger charge is -2.28. The summed E-state index contributed by atoms with van der Waals surface area (Å²) in [7, 11) is 3.98. The Morgan fingerprint density at radius 3 is 2.21 bits per heavy atom. The molecule has 0 spiro atoms. The van der Waals surface area contributed by atoms with Gasteiger partial charge in [0, 0.05) is 62.1 Å². The number of carbonyl (C=O) groups is 2. The fraction of sp³-hybridized carbons (Fsp3) is 0.222. The summed E-state index contributed by atoms with van der Waals surface area (Å²) in [5.41, 5.74) is 5.56. The zero-order valence-electron chi connectivity index (χ0n) is 24.7. The Bertz CT molecular complexity index is 1660. The SMILES string of the molecule is CN(C)c1ccc(CN(CCc2c[nH]c3ccccc23)C(=O)CN(CCc2ccccc2)C(=O)c2cccc(F)c2)cc1. The van der Waals surface area contributed by atoms with Gasteiger partial charge in [0.1, 0.15) is 12.4 Å². The van der Waals surface area contributed by atoms with Crippen molar-refractivity contribution in [3.8, 4) is 0 Å². The number of aromatic nitrogens is 1. The molecule has 220 valence electrons. The van der Waals surface area contributed by atoms with Gasteiger partial charge in [-0.15, -0.1) is 0 Å². The molecule has 1 heterocycles. The number of nitrogens with one attached hydrogen (secondary N) is 1. The van der Waals surface area contributed by atoms with E-state index in [1.165, 1.54) is 23.1 Å². The van der Waals surface area contributed by atoms with E-state index in [2.05, 4.69) is 11.1 Å². The second-order valence-corrected chi connectivity index (χ2v) is 11.0. The second-order valence-electron chi connectivity index (χ2n) is 11.0. The highest BCUT2D eigenvalue weighted by molar-refractivity contribution is 5.96. The molecule has 43 heavy (non-hydrogen) atoms. The fourth-order valence-electron chi connectivity index (χ4n) is 5.23. The number of fused-ring (bicyclic) bond motifs is 1. The number of carbonyl (C=O) groups excluding carboxylic acids is 2. The fourth-order valence-corrected chi connectivity index (χ4v) is 5.23. The molecule has 5 aromatic rings. The minimum Gasteiger partial charge on any atom is -0.378 e. The molecule has 0 saturated heterocycles. The minimum absolute atomic E-state index is 0.105. The van der Waals surface area contributed by atoms with Gasteiger partial charge in [-0.2, -0.15) is 0 Å². The molecule has 0 radical (unpaired) electrons. The Morgan fingerprint density at radius 2 is 1.47 bits per heavy atom. The molecule has 0 atom stereocenters. The Kier molecular flexibility index (Phi) is 9.52. The van der Waals surface area contributed by atoms with Gasteiger partial charge in [-0.3, -0.25) is 9.59 Å². The molecule has 0 saturated carbocycles. The van der Waals surface area contributed by atoms with Gasteiger partial charge in [-0.1, -0.05) is 66.7 Å². The van der Waals surface area contributed by atoms with E-state index in [1.54, 1.807) is 6.07 Å². The van der Waals surface area contributed by atoms with Crippen molar-refractivity contribution >= 4 is 28.4 Å². The van der Waals surface area contributed by atoms with Gasteiger partial charge in [0.2, 0.25) is 5.91 Å². The van der Waals surface area contributed by atoms with E-state index in [4.69, 9.17) is 0 Å². The highest BCUT2D eigenvalue weighted by Crippen LogP contribution is 2.20. The number of aromatic amines is 1. The summed E-state index contributed by atoms with van der Waals surface area (Å²) < 4.78 is 14.0. The van der Waals surface area contributed by atoms with Crippen LogP contribution in [0.4, 0.5) is 10.1 Å².